The first-order chi connectivity index (χ1) is 10.7. The molecular formula is C18H16N2O2. The molecule has 0 saturated heterocycles. The van der Waals surface area contributed by atoms with E-state index in [2.05, 4.69) is 4.99 Å². The molecule has 2 heterocycles. The summed E-state index contributed by atoms with van der Waals surface area (Å²) in [5.41, 5.74) is 0.382. The van der Waals surface area contributed by atoms with Gasteiger partial charge in [0.2, 0.25) is 5.54 Å². The van der Waals surface area contributed by atoms with Crippen LogP contribution in [0.1, 0.15) is 5.69 Å². The molecule has 0 aromatic carbocycles. The van der Waals surface area contributed by atoms with E-state index >= 15 is 0 Å². The second-order valence-corrected chi connectivity index (χ2v) is 5.07. The average Bonchev–Trinajstić information content (AvgIpc) is 3.04. The van der Waals surface area contributed by atoms with Gasteiger partial charge >= 0.3 is 5.97 Å². The Morgan fingerprint density at radius 2 is 1.95 bits per heavy atom. The fraction of sp³-hybridized carbons (Fsp3) is 0.111. The van der Waals surface area contributed by atoms with Crippen LogP contribution >= 0.6 is 0 Å². The van der Waals surface area contributed by atoms with Crippen LogP contribution in [0.15, 0.2) is 83.6 Å². The van der Waals surface area contributed by atoms with Crippen LogP contribution in [0.2, 0.25) is 0 Å². The predicted molar refractivity (Wildman–Crippen MR) is 87.0 cm³/mol. The zero-order valence-corrected chi connectivity index (χ0v) is 12.0. The summed E-state index contributed by atoms with van der Waals surface area (Å²) in [5.74, 6) is -0.949. The largest absolute Gasteiger partial charge is 0.479 e. The van der Waals surface area contributed by atoms with E-state index in [1.165, 1.54) is 0 Å². The molecule has 22 heavy (non-hydrogen) atoms. The molecule has 0 bridgehead atoms. The molecule has 2 aliphatic rings. The van der Waals surface area contributed by atoms with Gasteiger partial charge in [-0.05, 0) is 23.8 Å². The van der Waals surface area contributed by atoms with E-state index in [1.807, 2.05) is 65.4 Å². The van der Waals surface area contributed by atoms with Crippen LogP contribution in [0.4, 0.5) is 0 Å². The minimum atomic E-state index is -1.20. The van der Waals surface area contributed by atoms with E-state index < -0.39 is 11.5 Å². The Morgan fingerprint density at radius 1 is 1.18 bits per heavy atom. The molecule has 1 aromatic rings. The van der Waals surface area contributed by atoms with E-state index in [0.717, 1.165) is 5.69 Å². The molecule has 4 heteroatoms. The maximum absolute atomic E-state index is 11.5. The molecule has 4 nitrogen and oxygen atoms in total. The topological polar surface area (TPSA) is 54.6 Å². The lowest BCUT2D eigenvalue weighted by atomic mass is 10.1. The van der Waals surface area contributed by atoms with E-state index in [4.69, 9.17) is 0 Å². The van der Waals surface area contributed by atoms with Crippen molar-refractivity contribution in [3.05, 3.63) is 84.3 Å². The van der Waals surface area contributed by atoms with Crippen LogP contribution in [0.25, 0.3) is 0 Å². The summed E-state index contributed by atoms with van der Waals surface area (Å²) in [5, 5.41) is 9.44. The summed E-state index contributed by atoms with van der Waals surface area (Å²) in [6.07, 6.45) is 20.5. The zero-order chi connectivity index (χ0) is 15.4. The number of aliphatic carboxylic acids is 1. The summed E-state index contributed by atoms with van der Waals surface area (Å²) in [6, 6.07) is 3.84. The molecule has 0 fully saturated rings. The molecule has 0 amide bonds. The number of fused-ring (bicyclic) bond motifs is 2. The highest BCUT2D eigenvalue weighted by molar-refractivity contribution is 5.97. The molecule has 1 aliphatic carbocycles. The van der Waals surface area contributed by atoms with Crippen molar-refractivity contribution in [2.45, 2.75) is 12.1 Å². The van der Waals surface area contributed by atoms with Crippen LogP contribution < -0.4 is 0 Å². The molecule has 0 saturated carbocycles. The smallest absolute Gasteiger partial charge is 0.340 e. The maximum atomic E-state index is 11.5. The van der Waals surface area contributed by atoms with E-state index in [9.17, 15) is 9.90 Å². The average molecular weight is 292 g/mol. The third kappa shape index (κ3) is 2.76. The molecule has 3 rings (SSSR count). The van der Waals surface area contributed by atoms with Crippen LogP contribution in [0.3, 0.4) is 0 Å². The van der Waals surface area contributed by atoms with Gasteiger partial charge in [-0.3, -0.25) is 4.99 Å². The molecule has 110 valence electrons. The highest BCUT2D eigenvalue weighted by Gasteiger charge is 2.49. The summed E-state index contributed by atoms with van der Waals surface area (Å²) < 4.78 is 2.01. The Bertz CT molecular complexity index is 760. The first-order valence-electron chi connectivity index (χ1n) is 7.06. The van der Waals surface area contributed by atoms with Crippen LogP contribution in [0, 0.1) is 0 Å². The van der Waals surface area contributed by atoms with Crippen molar-refractivity contribution in [1.82, 2.24) is 4.57 Å². The van der Waals surface area contributed by atoms with Gasteiger partial charge in [0.15, 0.2) is 0 Å². The Morgan fingerprint density at radius 3 is 2.77 bits per heavy atom. The number of nitrogens with zero attached hydrogens (tertiary/aromatic N) is 2. The normalized spacial score (nSPS) is 30.5. The molecule has 0 spiro atoms. The Kier molecular flexibility index (Phi) is 3.74. The maximum Gasteiger partial charge on any atom is 0.340 e. The molecule has 1 atom stereocenters. The van der Waals surface area contributed by atoms with Crippen molar-refractivity contribution >= 4 is 12.2 Å². The monoisotopic (exact) mass is 292 g/mol. The van der Waals surface area contributed by atoms with Crippen LogP contribution in [0.5, 0.6) is 0 Å². The predicted octanol–water partition coefficient (Wildman–Crippen LogP) is 2.91. The third-order valence-corrected chi connectivity index (χ3v) is 3.58. The standard InChI is InChI=1S/C18H16N2O2/c21-17(22)18-13-15(18)9-6-4-2-1-3-5-7-11-20-12-8-10-16(20)14-19-18/h1-10,12-14H,11H2,(H,21,22)/b3-1-,4-2-,7-5-,9-6-,19-14-. The lowest BCUT2D eigenvalue weighted by molar-refractivity contribution is -0.138. The second-order valence-electron chi connectivity index (χ2n) is 5.07. The van der Waals surface area contributed by atoms with Gasteiger partial charge in [0, 0.05) is 19.0 Å². The Balaban J connectivity index is 1.94. The number of hydrogen-bond acceptors (Lipinski definition) is 2. The molecule has 1 N–H and O–H groups in total. The van der Waals surface area contributed by atoms with Gasteiger partial charge in [0.05, 0.1) is 5.69 Å². The third-order valence-electron chi connectivity index (χ3n) is 3.58. The number of aliphatic imine (C=N–C) groups is 1. The zero-order valence-electron chi connectivity index (χ0n) is 12.0. The quantitative estimate of drug-likeness (QED) is 0.865. The first kappa shape index (κ1) is 14.1. The van der Waals surface area contributed by atoms with Crippen molar-refractivity contribution in [2.24, 2.45) is 4.99 Å². The van der Waals surface area contributed by atoms with Gasteiger partial charge in [-0.25, -0.2) is 4.79 Å². The molecule has 1 aliphatic heterocycles. The SMILES string of the molecule is O=C(O)C12C=C1\C=C/C=C\C=C/C=C\Cn1cccc1/C=N\2. The Labute approximate surface area is 128 Å². The highest BCUT2D eigenvalue weighted by Crippen LogP contribution is 2.39. The minimum Gasteiger partial charge on any atom is -0.479 e. The number of allylic oxidation sites excluding steroid dienone is 7. The summed E-state index contributed by atoms with van der Waals surface area (Å²) in [6.45, 7) is 0.709. The number of carboxylic acid groups (broad SMARTS) is 1. The van der Waals surface area contributed by atoms with Crippen LogP contribution in [-0.2, 0) is 11.3 Å². The lowest BCUT2D eigenvalue weighted by Gasteiger charge is -2.07. The van der Waals surface area contributed by atoms with Crippen molar-refractivity contribution < 1.29 is 9.90 Å². The molecule has 1 aromatic heterocycles. The fourth-order valence-electron chi connectivity index (χ4n) is 2.26. The second kappa shape index (κ2) is 5.85. The van der Waals surface area contributed by atoms with Crippen molar-refractivity contribution in [3.63, 3.8) is 0 Å². The molecule has 1 unspecified atom stereocenters. The van der Waals surface area contributed by atoms with Gasteiger partial charge in [-0.1, -0.05) is 48.6 Å². The van der Waals surface area contributed by atoms with E-state index in [-0.39, 0.29) is 0 Å². The first-order valence-corrected chi connectivity index (χ1v) is 7.06. The molecular weight excluding hydrogens is 276 g/mol. The van der Waals surface area contributed by atoms with Crippen molar-refractivity contribution in [1.29, 1.82) is 0 Å². The number of carboxylic acids is 1. The van der Waals surface area contributed by atoms with Gasteiger partial charge in [-0.2, -0.15) is 0 Å². The van der Waals surface area contributed by atoms with Gasteiger partial charge < -0.3 is 9.67 Å². The number of rotatable bonds is 1. The van der Waals surface area contributed by atoms with Crippen LogP contribution in [-0.4, -0.2) is 27.4 Å². The number of hydrogen-bond donors (Lipinski definition) is 1. The Hall–Kier alpha value is -2.88. The highest BCUT2D eigenvalue weighted by atomic mass is 16.4. The lowest BCUT2D eigenvalue weighted by Crippen LogP contribution is -2.24. The summed E-state index contributed by atoms with van der Waals surface area (Å²) in [7, 11) is 0. The van der Waals surface area contributed by atoms with E-state index in [1.54, 1.807) is 18.4 Å². The number of aromatic nitrogens is 1. The van der Waals surface area contributed by atoms with Gasteiger partial charge in [0.1, 0.15) is 0 Å². The van der Waals surface area contributed by atoms with Gasteiger partial charge in [0.25, 0.3) is 0 Å². The van der Waals surface area contributed by atoms with E-state index in [0.29, 0.717) is 12.1 Å². The minimum absolute atomic E-state index is 0.705. The number of carbonyl (C=O) groups is 1. The van der Waals surface area contributed by atoms with Crippen molar-refractivity contribution in [2.75, 3.05) is 0 Å². The van der Waals surface area contributed by atoms with Crippen molar-refractivity contribution in [3.8, 4) is 0 Å². The molecule has 0 radical (unpaired) electrons. The fourth-order valence-corrected chi connectivity index (χ4v) is 2.26. The summed E-state index contributed by atoms with van der Waals surface area (Å²) in [4.78, 5) is 15.8. The summed E-state index contributed by atoms with van der Waals surface area (Å²) >= 11 is 0. The van der Waals surface area contributed by atoms with Gasteiger partial charge in [-0.15, -0.1) is 0 Å².